The van der Waals surface area contributed by atoms with Gasteiger partial charge in [-0.3, -0.25) is 14.6 Å². The van der Waals surface area contributed by atoms with Crippen LogP contribution in [-0.2, 0) is 11.8 Å². The zero-order valence-electron chi connectivity index (χ0n) is 12.4. The maximum absolute atomic E-state index is 12.3. The molecule has 1 heterocycles. The van der Waals surface area contributed by atoms with E-state index >= 15 is 0 Å². The molecule has 2 aromatic rings. The quantitative estimate of drug-likeness (QED) is 0.881. The van der Waals surface area contributed by atoms with Crippen molar-refractivity contribution >= 4 is 0 Å². The first kappa shape index (κ1) is 13.7. The zero-order chi connectivity index (χ0) is 14.2. The maximum Gasteiger partial charge on any atom is 0.268 e. The van der Waals surface area contributed by atoms with Crippen molar-refractivity contribution in [3.63, 3.8) is 0 Å². The van der Waals surface area contributed by atoms with E-state index in [9.17, 15) is 4.79 Å². The average Bonchev–Trinajstić information content (AvgIpc) is 2.66. The molecular weight excluding hydrogens is 236 g/mol. The molecule has 0 aliphatic carbocycles. The summed E-state index contributed by atoms with van der Waals surface area (Å²) in [5.74, 6) is 0. The van der Waals surface area contributed by atoms with E-state index in [1.165, 1.54) is 0 Å². The van der Waals surface area contributed by atoms with Crippen LogP contribution in [-0.4, -0.2) is 9.78 Å². The van der Waals surface area contributed by atoms with Gasteiger partial charge in [0.25, 0.3) is 5.56 Å². The van der Waals surface area contributed by atoms with Gasteiger partial charge >= 0.3 is 0 Å². The molecule has 102 valence electrons. The Morgan fingerprint density at radius 3 is 2.37 bits per heavy atom. The SMILES string of the molecule is CCc1c(C(C)(C)C)c(=O)[nH]n1-c1ccccc1C. The van der Waals surface area contributed by atoms with Crippen molar-refractivity contribution in [3.05, 3.63) is 51.4 Å². The van der Waals surface area contributed by atoms with E-state index < -0.39 is 0 Å². The Balaban J connectivity index is 2.74. The van der Waals surface area contributed by atoms with Crippen LogP contribution in [0.2, 0.25) is 0 Å². The lowest BCUT2D eigenvalue weighted by Gasteiger charge is -2.19. The molecule has 0 amide bonds. The summed E-state index contributed by atoms with van der Waals surface area (Å²) in [5.41, 5.74) is 4.04. The van der Waals surface area contributed by atoms with E-state index in [0.29, 0.717) is 0 Å². The Bertz CT molecular complexity index is 641. The Labute approximate surface area is 114 Å². The lowest BCUT2D eigenvalue weighted by atomic mass is 9.86. The second-order valence-electron chi connectivity index (χ2n) is 5.99. The van der Waals surface area contributed by atoms with E-state index in [2.05, 4.69) is 45.8 Å². The number of aryl methyl sites for hydroxylation is 1. The lowest BCUT2D eigenvalue weighted by Crippen LogP contribution is -2.21. The van der Waals surface area contributed by atoms with Crippen LogP contribution in [0.1, 0.15) is 44.5 Å². The number of aromatic amines is 1. The normalized spacial score (nSPS) is 11.8. The highest BCUT2D eigenvalue weighted by Gasteiger charge is 2.25. The zero-order valence-corrected chi connectivity index (χ0v) is 12.4. The molecule has 3 nitrogen and oxygen atoms in total. The molecular formula is C16H22N2O. The van der Waals surface area contributed by atoms with Crippen molar-refractivity contribution < 1.29 is 0 Å². The summed E-state index contributed by atoms with van der Waals surface area (Å²) in [5, 5.41) is 2.99. The predicted octanol–water partition coefficient (Wildman–Crippen LogP) is 3.33. The van der Waals surface area contributed by atoms with Crippen molar-refractivity contribution in [1.82, 2.24) is 9.78 Å². The minimum absolute atomic E-state index is 0.0209. The van der Waals surface area contributed by atoms with Gasteiger partial charge in [0.2, 0.25) is 0 Å². The monoisotopic (exact) mass is 258 g/mol. The molecule has 0 unspecified atom stereocenters. The first-order chi connectivity index (χ1) is 8.86. The van der Waals surface area contributed by atoms with Crippen LogP contribution in [0.4, 0.5) is 0 Å². The number of H-pyrrole nitrogens is 1. The number of hydrogen-bond acceptors (Lipinski definition) is 1. The third-order valence-electron chi connectivity index (χ3n) is 3.44. The van der Waals surface area contributed by atoms with Gasteiger partial charge in [-0.1, -0.05) is 45.9 Å². The summed E-state index contributed by atoms with van der Waals surface area (Å²) in [6, 6.07) is 8.11. The van der Waals surface area contributed by atoms with Gasteiger partial charge in [-0.2, -0.15) is 0 Å². The first-order valence-electron chi connectivity index (χ1n) is 6.76. The van der Waals surface area contributed by atoms with E-state index in [1.54, 1.807) is 0 Å². The molecule has 0 saturated heterocycles. The van der Waals surface area contributed by atoms with Crippen LogP contribution in [0.3, 0.4) is 0 Å². The van der Waals surface area contributed by atoms with Gasteiger partial charge in [-0.25, -0.2) is 0 Å². The number of rotatable bonds is 2. The Morgan fingerprint density at radius 1 is 1.21 bits per heavy atom. The average molecular weight is 258 g/mol. The van der Waals surface area contributed by atoms with Gasteiger partial charge in [0.05, 0.1) is 5.69 Å². The van der Waals surface area contributed by atoms with Gasteiger partial charge in [0, 0.05) is 11.3 Å². The third kappa shape index (κ3) is 2.37. The molecule has 1 aromatic carbocycles. The van der Waals surface area contributed by atoms with Crippen molar-refractivity contribution in [2.45, 2.75) is 46.5 Å². The number of aromatic nitrogens is 2. The molecule has 0 aliphatic heterocycles. The molecule has 0 saturated carbocycles. The van der Waals surface area contributed by atoms with Crippen molar-refractivity contribution in [1.29, 1.82) is 0 Å². The van der Waals surface area contributed by atoms with Gasteiger partial charge in [0.1, 0.15) is 0 Å². The summed E-state index contributed by atoms with van der Waals surface area (Å²) >= 11 is 0. The van der Waals surface area contributed by atoms with E-state index in [1.807, 2.05) is 22.9 Å². The molecule has 0 radical (unpaired) electrons. The second kappa shape index (κ2) is 4.72. The highest BCUT2D eigenvalue weighted by molar-refractivity contribution is 5.42. The van der Waals surface area contributed by atoms with Gasteiger partial charge in [-0.05, 0) is 30.4 Å². The predicted molar refractivity (Wildman–Crippen MR) is 79.2 cm³/mol. The molecule has 1 aromatic heterocycles. The molecule has 2 rings (SSSR count). The molecule has 0 aliphatic rings. The highest BCUT2D eigenvalue weighted by atomic mass is 16.1. The maximum atomic E-state index is 12.3. The minimum Gasteiger partial charge on any atom is -0.268 e. The van der Waals surface area contributed by atoms with Crippen LogP contribution in [0.15, 0.2) is 29.1 Å². The summed E-state index contributed by atoms with van der Waals surface area (Å²) in [7, 11) is 0. The fraction of sp³-hybridized carbons (Fsp3) is 0.438. The smallest absolute Gasteiger partial charge is 0.268 e. The summed E-state index contributed by atoms with van der Waals surface area (Å²) in [4.78, 5) is 12.3. The number of benzene rings is 1. The van der Waals surface area contributed by atoms with E-state index in [4.69, 9.17) is 0 Å². The van der Waals surface area contributed by atoms with E-state index in [0.717, 1.165) is 28.9 Å². The first-order valence-corrected chi connectivity index (χ1v) is 6.76. The second-order valence-corrected chi connectivity index (χ2v) is 5.99. The molecule has 0 bridgehead atoms. The highest BCUT2D eigenvalue weighted by Crippen LogP contribution is 2.25. The topological polar surface area (TPSA) is 37.8 Å². The Hall–Kier alpha value is -1.77. The lowest BCUT2D eigenvalue weighted by molar-refractivity contribution is 0.577. The number of nitrogens with zero attached hydrogens (tertiary/aromatic N) is 1. The molecule has 1 N–H and O–H groups in total. The van der Waals surface area contributed by atoms with Crippen LogP contribution < -0.4 is 5.56 Å². The van der Waals surface area contributed by atoms with Gasteiger partial charge in [0.15, 0.2) is 0 Å². The number of hydrogen-bond donors (Lipinski definition) is 1. The standard InChI is InChI=1S/C16H22N2O/c1-6-12-14(16(3,4)5)15(19)17-18(12)13-10-8-7-9-11(13)2/h7-10H,6H2,1-5H3,(H,17,19). The minimum atomic E-state index is -0.146. The fourth-order valence-electron chi connectivity index (χ4n) is 2.60. The van der Waals surface area contributed by atoms with Crippen LogP contribution in [0.5, 0.6) is 0 Å². The molecule has 0 fully saturated rings. The van der Waals surface area contributed by atoms with Crippen molar-refractivity contribution in [2.75, 3.05) is 0 Å². The summed E-state index contributed by atoms with van der Waals surface area (Å²) < 4.78 is 1.94. The third-order valence-corrected chi connectivity index (χ3v) is 3.44. The van der Waals surface area contributed by atoms with Gasteiger partial charge < -0.3 is 0 Å². The summed E-state index contributed by atoms with van der Waals surface area (Å²) in [6.45, 7) is 10.4. The number of nitrogens with one attached hydrogen (secondary N) is 1. The van der Waals surface area contributed by atoms with Gasteiger partial charge in [-0.15, -0.1) is 0 Å². The van der Waals surface area contributed by atoms with Crippen LogP contribution in [0, 0.1) is 6.92 Å². The summed E-state index contributed by atoms with van der Waals surface area (Å²) in [6.07, 6.45) is 0.833. The fourth-order valence-corrected chi connectivity index (χ4v) is 2.60. The molecule has 19 heavy (non-hydrogen) atoms. The molecule has 0 spiro atoms. The van der Waals surface area contributed by atoms with Crippen molar-refractivity contribution in [2.24, 2.45) is 0 Å². The van der Waals surface area contributed by atoms with Crippen molar-refractivity contribution in [3.8, 4) is 5.69 Å². The van der Waals surface area contributed by atoms with Crippen LogP contribution >= 0.6 is 0 Å². The van der Waals surface area contributed by atoms with E-state index in [-0.39, 0.29) is 11.0 Å². The molecule has 3 heteroatoms. The Morgan fingerprint density at radius 2 is 1.84 bits per heavy atom. The number of para-hydroxylation sites is 1. The van der Waals surface area contributed by atoms with Crippen LogP contribution in [0.25, 0.3) is 5.69 Å². The molecule has 0 atom stereocenters. The Kier molecular flexibility index (Phi) is 3.40. The largest absolute Gasteiger partial charge is 0.268 e.